The Bertz CT molecular complexity index is 374. The van der Waals surface area contributed by atoms with E-state index >= 15 is 0 Å². The van der Waals surface area contributed by atoms with E-state index < -0.39 is 0 Å². The molecule has 0 fully saturated rings. The summed E-state index contributed by atoms with van der Waals surface area (Å²) in [4.78, 5) is 12.3. The van der Waals surface area contributed by atoms with Gasteiger partial charge in [-0.15, -0.1) is 11.3 Å². The summed E-state index contributed by atoms with van der Waals surface area (Å²) in [5.41, 5.74) is 3.17. The molecule has 0 N–H and O–H groups in total. The number of hydrogen-bond donors (Lipinski definition) is 0. The van der Waals surface area contributed by atoms with Crippen molar-refractivity contribution in [1.29, 1.82) is 0 Å². The maximum absolute atomic E-state index is 11.4. The Morgan fingerprint density at radius 2 is 2.21 bits per heavy atom. The van der Waals surface area contributed by atoms with Crippen LogP contribution in [0.15, 0.2) is 5.38 Å². The molecule has 0 amide bonds. The maximum Gasteiger partial charge on any atom is 0.169 e. The summed E-state index contributed by atoms with van der Waals surface area (Å²) in [7, 11) is 0. The van der Waals surface area contributed by atoms with E-state index in [0.717, 1.165) is 17.7 Å². The van der Waals surface area contributed by atoms with Crippen LogP contribution in [0.1, 0.15) is 48.0 Å². The van der Waals surface area contributed by atoms with E-state index in [-0.39, 0.29) is 5.78 Å². The van der Waals surface area contributed by atoms with E-state index in [1.54, 1.807) is 18.3 Å². The molecule has 1 aliphatic rings. The molecular weight excluding hydrogens is 192 g/mol. The summed E-state index contributed by atoms with van der Waals surface area (Å²) in [5.74, 6) is 0.232. The molecule has 0 aliphatic heterocycles. The number of rotatable bonds is 1. The summed E-state index contributed by atoms with van der Waals surface area (Å²) in [6.07, 6.45) is 3.42. The van der Waals surface area contributed by atoms with Crippen molar-refractivity contribution in [1.82, 2.24) is 0 Å². The fraction of sp³-hybridized carbons (Fsp3) is 0.583. The molecule has 0 radical (unpaired) electrons. The van der Waals surface area contributed by atoms with Crippen LogP contribution in [0, 0.1) is 5.41 Å². The first kappa shape index (κ1) is 9.91. The average Bonchev–Trinajstić information content (AvgIpc) is 2.44. The number of hydrogen-bond acceptors (Lipinski definition) is 2. The molecule has 0 aromatic carbocycles. The van der Waals surface area contributed by atoms with Crippen LogP contribution in [0.5, 0.6) is 0 Å². The first-order valence-corrected chi connectivity index (χ1v) is 5.98. The van der Waals surface area contributed by atoms with Gasteiger partial charge in [0.05, 0.1) is 4.88 Å². The zero-order valence-electron chi connectivity index (χ0n) is 9.02. The van der Waals surface area contributed by atoms with Crippen molar-refractivity contribution in [2.24, 2.45) is 5.41 Å². The van der Waals surface area contributed by atoms with E-state index in [4.69, 9.17) is 0 Å². The number of Topliss-reactive ketones (excluding diaryl/α,β-unsaturated/α-hetero) is 1. The smallest absolute Gasteiger partial charge is 0.169 e. The van der Waals surface area contributed by atoms with Crippen LogP contribution in [-0.2, 0) is 12.8 Å². The molecule has 2 rings (SSSR count). The number of thiophene rings is 1. The summed E-state index contributed by atoms with van der Waals surface area (Å²) >= 11 is 1.62. The van der Waals surface area contributed by atoms with Gasteiger partial charge in [-0.3, -0.25) is 4.79 Å². The molecule has 76 valence electrons. The molecule has 1 heterocycles. The fourth-order valence-electron chi connectivity index (χ4n) is 2.20. The van der Waals surface area contributed by atoms with Crippen LogP contribution in [0.25, 0.3) is 0 Å². The monoisotopic (exact) mass is 208 g/mol. The van der Waals surface area contributed by atoms with Gasteiger partial charge in [0.15, 0.2) is 5.78 Å². The van der Waals surface area contributed by atoms with Gasteiger partial charge in [-0.25, -0.2) is 0 Å². The van der Waals surface area contributed by atoms with Crippen molar-refractivity contribution in [3.05, 3.63) is 21.4 Å². The van der Waals surface area contributed by atoms with Gasteiger partial charge in [-0.1, -0.05) is 13.8 Å². The summed E-state index contributed by atoms with van der Waals surface area (Å²) in [5, 5.41) is 2.17. The van der Waals surface area contributed by atoms with Gasteiger partial charge in [-0.2, -0.15) is 0 Å². The second-order valence-corrected chi connectivity index (χ2v) is 5.85. The minimum Gasteiger partial charge on any atom is -0.294 e. The van der Waals surface area contributed by atoms with Gasteiger partial charge in [-0.05, 0) is 48.1 Å². The topological polar surface area (TPSA) is 17.1 Å². The maximum atomic E-state index is 11.4. The molecule has 0 saturated heterocycles. The highest BCUT2D eigenvalue weighted by Gasteiger charge is 2.28. The Morgan fingerprint density at radius 3 is 2.86 bits per heavy atom. The zero-order chi connectivity index (χ0) is 10.3. The standard InChI is InChI=1S/C12H16OS/c1-8(13)11-10-4-5-12(2,3)6-9(10)7-14-11/h7H,4-6H2,1-3H3. The third kappa shape index (κ3) is 1.63. The first-order chi connectivity index (χ1) is 6.49. The summed E-state index contributed by atoms with van der Waals surface area (Å²) < 4.78 is 0. The first-order valence-electron chi connectivity index (χ1n) is 5.10. The van der Waals surface area contributed by atoms with E-state index in [1.165, 1.54) is 17.5 Å². The minimum atomic E-state index is 0.232. The van der Waals surface area contributed by atoms with Gasteiger partial charge >= 0.3 is 0 Å². The Labute approximate surface area is 89.1 Å². The number of carbonyl (C=O) groups is 1. The quantitative estimate of drug-likeness (QED) is 0.646. The third-order valence-corrected chi connectivity index (χ3v) is 4.19. The average molecular weight is 208 g/mol. The van der Waals surface area contributed by atoms with Crippen molar-refractivity contribution in [3.8, 4) is 0 Å². The second kappa shape index (κ2) is 3.20. The summed E-state index contributed by atoms with van der Waals surface area (Å²) in [6.45, 7) is 6.29. The van der Waals surface area contributed by atoms with Crippen molar-refractivity contribution < 1.29 is 4.79 Å². The predicted molar refractivity (Wildman–Crippen MR) is 60.1 cm³/mol. The SMILES string of the molecule is CC(=O)c1scc2c1CCC(C)(C)C2. The molecule has 1 aliphatic carbocycles. The molecule has 1 nitrogen and oxygen atoms in total. The van der Waals surface area contributed by atoms with Crippen molar-refractivity contribution in [2.45, 2.75) is 40.0 Å². The van der Waals surface area contributed by atoms with E-state index in [1.807, 2.05) is 0 Å². The summed E-state index contributed by atoms with van der Waals surface area (Å²) in [6, 6.07) is 0. The highest BCUT2D eigenvalue weighted by atomic mass is 32.1. The van der Waals surface area contributed by atoms with E-state index in [0.29, 0.717) is 5.41 Å². The van der Waals surface area contributed by atoms with Crippen molar-refractivity contribution in [3.63, 3.8) is 0 Å². The second-order valence-electron chi connectivity index (χ2n) is 4.97. The Balaban J connectivity index is 2.39. The number of fused-ring (bicyclic) bond motifs is 1. The molecule has 2 heteroatoms. The lowest BCUT2D eigenvalue weighted by atomic mass is 9.75. The van der Waals surface area contributed by atoms with E-state index in [2.05, 4.69) is 19.2 Å². The van der Waals surface area contributed by atoms with E-state index in [9.17, 15) is 4.79 Å². The molecule has 0 spiro atoms. The lowest BCUT2D eigenvalue weighted by molar-refractivity contribution is 0.102. The van der Waals surface area contributed by atoms with Crippen LogP contribution in [0.2, 0.25) is 0 Å². The lowest BCUT2D eigenvalue weighted by Gasteiger charge is -2.29. The molecular formula is C12H16OS. The van der Waals surface area contributed by atoms with Crippen LogP contribution in [0.4, 0.5) is 0 Å². The fourth-order valence-corrected chi connectivity index (χ4v) is 3.23. The minimum absolute atomic E-state index is 0.232. The van der Waals surface area contributed by atoms with Gasteiger partial charge in [0.2, 0.25) is 0 Å². The van der Waals surface area contributed by atoms with Gasteiger partial charge in [0, 0.05) is 0 Å². The van der Waals surface area contributed by atoms with Gasteiger partial charge < -0.3 is 0 Å². The highest BCUT2D eigenvalue weighted by molar-refractivity contribution is 7.12. The Kier molecular flexibility index (Phi) is 2.26. The molecule has 0 saturated carbocycles. The molecule has 0 atom stereocenters. The molecule has 0 bridgehead atoms. The van der Waals surface area contributed by atoms with Crippen molar-refractivity contribution in [2.75, 3.05) is 0 Å². The van der Waals surface area contributed by atoms with Crippen LogP contribution in [0.3, 0.4) is 0 Å². The normalized spacial score (nSPS) is 19.1. The molecule has 1 aromatic rings. The molecule has 1 aromatic heterocycles. The molecule has 0 unspecified atom stereocenters. The largest absolute Gasteiger partial charge is 0.294 e. The lowest BCUT2D eigenvalue weighted by Crippen LogP contribution is -2.21. The number of ketones is 1. The van der Waals surface area contributed by atoms with Gasteiger partial charge in [0.25, 0.3) is 0 Å². The third-order valence-electron chi connectivity index (χ3n) is 3.02. The van der Waals surface area contributed by atoms with Crippen LogP contribution >= 0.6 is 11.3 Å². The van der Waals surface area contributed by atoms with Crippen LogP contribution in [-0.4, -0.2) is 5.78 Å². The van der Waals surface area contributed by atoms with Crippen molar-refractivity contribution >= 4 is 17.1 Å². The Morgan fingerprint density at radius 1 is 1.50 bits per heavy atom. The molecule has 14 heavy (non-hydrogen) atoms. The highest BCUT2D eigenvalue weighted by Crippen LogP contribution is 2.38. The zero-order valence-corrected chi connectivity index (χ0v) is 9.83. The Hall–Kier alpha value is -0.630. The predicted octanol–water partition coefficient (Wildman–Crippen LogP) is 3.47. The van der Waals surface area contributed by atoms with Crippen LogP contribution < -0.4 is 0 Å². The van der Waals surface area contributed by atoms with Gasteiger partial charge in [0.1, 0.15) is 0 Å². The number of carbonyl (C=O) groups excluding carboxylic acids is 1.